The minimum Gasteiger partial charge on any atom is -0.379 e. The number of rotatable bonds is 9. The van der Waals surface area contributed by atoms with Crippen LogP contribution in [0.25, 0.3) is 0 Å². The van der Waals surface area contributed by atoms with Gasteiger partial charge in [0.2, 0.25) is 0 Å². The van der Waals surface area contributed by atoms with Crippen molar-refractivity contribution in [2.45, 2.75) is 32.0 Å². The molecule has 1 unspecified atom stereocenters. The lowest BCUT2D eigenvalue weighted by Gasteiger charge is -2.26. The summed E-state index contributed by atoms with van der Waals surface area (Å²) >= 11 is 0. The fourth-order valence-corrected chi connectivity index (χ4v) is 3.36. The molecule has 164 valence electrons. The second-order valence-corrected chi connectivity index (χ2v) is 7.27. The number of halogens is 1. The van der Waals surface area contributed by atoms with Crippen LogP contribution < -0.4 is 10.6 Å². The summed E-state index contributed by atoms with van der Waals surface area (Å²) in [5.41, 5.74) is 2.60. The molecule has 1 atom stereocenters. The molecule has 29 heavy (non-hydrogen) atoms. The summed E-state index contributed by atoms with van der Waals surface area (Å²) < 4.78 is 16.5. The SMILES string of the molecule is CN=C(NCCCOC1CCOC1)NCc1ccc(CN2CCOCC2)cc1.I. The van der Waals surface area contributed by atoms with Crippen molar-refractivity contribution < 1.29 is 14.2 Å². The zero-order chi connectivity index (χ0) is 19.4. The monoisotopic (exact) mass is 518 g/mol. The largest absolute Gasteiger partial charge is 0.379 e. The Morgan fingerprint density at radius 1 is 1.10 bits per heavy atom. The highest BCUT2D eigenvalue weighted by Gasteiger charge is 2.15. The van der Waals surface area contributed by atoms with Crippen LogP contribution in [0.15, 0.2) is 29.3 Å². The van der Waals surface area contributed by atoms with E-state index in [9.17, 15) is 0 Å². The fourth-order valence-electron chi connectivity index (χ4n) is 3.36. The molecule has 2 N–H and O–H groups in total. The molecule has 7 nitrogen and oxygen atoms in total. The van der Waals surface area contributed by atoms with Crippen LogP contribution in [-0.2, 0) is 27.3 Å². The van der Waals surface area contributed by atoms with E-state index in [4.69, 9.17) is 14.2 Å². The van der Waals surface area contributed by atoms with Crippen LogP contribution in [0.3, 0.4) is 0 Å². The maximum absolute atomic E-state index is 5.78. The van der Waals surface area contributed by atoms with Gasteiger partial charge in [-0.25, -0.2) is 0 Å². The quantitative estimate of drug-likeness (QED) is 0.226. The van der Waals surface area contributed by atoms with E-state index in [1.165, 1.54) is 11.1 Å². The number of benzene rings is 1. The molecule has 2 aliphatic heterocycles. The third-order valence-corrected chi connectivity index (χ3v) is 5.07. The highest BCUT2D eigenvalue weighted by molar-refractivity contribution is 14.0. The molecule has 0 bridgehead atoms. The summed E-state index contributed by atoms with van der Waals surface area (Å²) in [6, 6.07) is 8.81. The molecule has 3 rings (SSSR count). The average Bonchev–Trinajstić information content (AvgIpc) is 3.25. The lowest BCUT2D eigenvalue weighted by molar-refractivity contribution is 0.0342. The molecule has 2 heterocycles. The van der Waals surface area contributed by atoms with E-state index in [2.05, 4.69) is 44.8 Å². The highest BCUT2D eigenvalue weighted by atomic mass is 127. The molecule has 2 aliphatic rings. The maximum atomic E-state index is 5.78. The number of hydrogen-bond acceptors (Lipinski definition) is 5. The van der Waals surface area contributed by atoms with E-state index < -0.39 is 0 Å². The molecule has 0 spiro atoms. The number of ether oxygens (including phenoxy) is 3. The zero-order valence-corrected chi connectivity index (χ0v) is 19.7. The molecular formula is C21H35IN4O3. The summed E-state index contributed by atoms with van der Waals surface area (Å²) in [4.78, 5) is 6.72. The predicted octanol–water partition coefficient (Wildman–Crippen LogP) is 2.00. The van der Waals surface area contributed by atoms with E-state index in [-0.39, 0.29) is 30.1 Å². The second kappa shape index (κ2) is 14.1. The number of hydrogen-bond donors (Lipinski definition) is 2. The van der Waals surface area contributed by atoms with Gasteiger partial charge in [0.25, 0.3) is 0 Å². The van der Waals surface area contributed by atoms with E-state index in [0.29, 0.717) is 0 Å². The maximum Gasteiger partial charge on any atom is 0.191 e. The molecule has 1 aromatic rings. The van der Waals surface area contributed by atoms with Gasteiger partial charge < -0.3 is 24.8 Å². The van der Waals surface area contributed by atoms with Crippen LogP contribution in [-0.4, -0.2) is 76.7 Å². The number of guanidine groups is 1. The van der Waals surface area contributed by atoms with E-state index in [1.807, 2.05) is 0 Å². The van der Waals surface area contributed by atoms with Crippen molar-refractivity contribution in [2.75, 3.05) is 59.7 Å². The van der Waals surface area contributed by atoms with Crippen molar-refractivity contribution in [3.05, 3.63) is 35.4 Å². The van der Waals surface area contributed by atoms with E-state index in [0.717, 1.165) is 84.6 Å². The van der Waals surface area contributed by atoms with Crippen LogP contribution in [0.4, 0.5) is 0 Å². The molecule has 0 aromatic heterocycles. The van der Waals surface area contributed by atoms with Crippen LogP contribution in [0.1, 0.15) is 24.0 Å². The number of nitrogens with one attached hydrogen (secondary N) is 2. The minimum atomic E-state index is 0. The summed E-state index contributed by atoms with van der Waals surface area (Å²) in [6.45, 7) is 8.63. The first-order valence-corrected chi connectivity index (χ1v) is 10.4. The standard InChI is InChI=1S/C21H34N4O3.HI/c1-22-21(23-8-2-11-28-20-7-12-27-17-20)24-15-18-3-5-19(6-4-18)16-25-9-13-26-14-10-25;/h3-6,20H,2,7-17H2,1H3,(H2,22,23,24);1H. The lowest BCUT2D eigenvalue weighted by atomic mass is 10.1. The molecule has 1 aromatic carbocycles. The molecule has 8 heteroatoms. The Bertz CT molecular complexity index is 588. The van der Waals surface area contributed by atoms with Gasteiger partial charge in [-0.2, -0.15) is 0 Å². The highest BCUT2D eigenvalue weighted by Crippen LogP contribution is 2.09. The topological polar surface area (TPSA) is 67.4 Å². The van der Waals surface area contributed by atoms with Crippen LogP contribution in [0.5, 0.6) is 0 Å². The molecule has 0 aliphatic carbocycles. The third kappa shape index (κ3) is 9.17. The van der Waals surface area contributed by atoms with Crippen molar-refractivity contribution in [3.63, 3.8) is 0 Å². The van der Waals surface area contributed by atoms with Gasteiger partial charge in [-0.05, 0) is 24.0 Å². The second-order valence-electron chi connectivity index (χ2n) is 7.27. The van der Waals surface area contributed by atoms with E-state index in [1.54, 1.807) is 7.05 Å². The molecule has 2 saturated heterocycles. The first kappa shape index (κ1) is 24.3. The van der Waals surface area contributed by atoms with Gasteiger partial charge >= 0.3 is 0 Å². The fraction of sp³-hybridized carbons (Fsp3) is 0.667. The summed E-state index contributed by atoms with van der Waals surface area (Å²) in [5, 5.41) is 6.71. The number of aliphatic imine (C=N–C) groups is 1. The van der Waals surface area contributed by atoms with Gasteiger partial charge in [-0.3, -0.25) is 9.89 Å². The van der Waals surface area contributed by atoms with Crippen LogP contribution >= 0.6 is 24.0 Å². The number of morpholine rings is 1. The molecular weight excluding hydrogens is 483 g/mol. The predicted molar refractivity (Wildman–Crippen MR) is 126 cm³/mol. The van der Waals surface area contributed by atoms with Gasteiger partial charge in [0.05, 0.1) is 25.9 Å². The first-order valence-electron chi connectivity index (χ1n) is 10.4. The Hall–Kier alpha value is -0.940. The molecule has 2 fully saturated rings. The Morgan fingerprint density at radius 3 is 2.55 bits per heavy atom. The van der Waals surface area contributed by atoms with Crippen molar-refractivity contribution in [2.24, 2.45) is 4.99 Å². The normalized spacial score (nSPS) is 20.3. The van der Waals surface area contributed by atoms with Crippen molar-refractivity contribution in [1.82, 2.24) is 15.5 Å². The van der Waals surface area contributed by atoms with Crippen molar-refractivity contribution in [3.8, 4) is 0 Å². The smallest absolute Gasteiger partial charge is 0.191 e. The Labute approximate surface area is 191 Å². The molecule has 0 saturated carbocycles. The Morgan fingerprint density at radius 2 is 1.86 bits per heavy atom. The summed E-state index contributed by atoms with van der Waals surface area (Å²) in [6.07, 6.45) is 2.25. The van der Waals surface area contributed by atoms with Crippen LogP contribution in [0, 0.1) is 0 Å². The van der Waals surface area contributed by atoms with Gasteiger partial charge in [0.15, 0.2) is 5.96 Å². The minimum absolute atomic E-state index is 0. The van der Waals surface area contributed by atoms with Gasteiger partial charge in [0.1, 0.15) is 0 Å². The lowest BCUT2D eigenvalue weighted by Crippen LogP contribution is -2.37. The summed E-state index contributed by atoms with van der Waals surface area (Å²) in [7, 11) is 1.80. The first-order chi connectivity index (χ1) is 13.8. The van der Waals surface area contributed by atoms with Crippen LogP contribution in [0.2, 0.25) is 0 Å². The van der Waals surface area contributed by atoms with Gasteiger partial charge in [-0.15, -0.1) is 24.0 Å². The third-order valence-electron chi connectivity index (χ3n) is 5.07. The van der Waals surface area contributed by atoms with Crippen molar-refractivity contribution in [1.29, 1.82) is 0 Å². The zero-order valence-electron chi connectivity index (χ0n) is 17.4. The Balaban J connectivity index is 0.00000300. The van der Waals surface area contributed by atoms with Crippen molar-refractivity contribution >= 4 is 29.9 Å². The Kier molecular flexibility index (Phi) is 11.9. The van der Waals surface area contributed by atoms with Gasteiger partial charge in [0, 0.05) is 53.0 Å². The van der Waals surface area contributed by atoms with E-state index >= 15 is 0 Å². The average molecular weight is 518 g/mol. The summed E-state index contributed by atoms with van der Waals surface area (Å²) in [5.74, 6) is 0.821. The molecule has 0 radical (unpaired) electrons. The van der Waals surface area contributed by atoms with Gasteiger partial charge in [-0.1, -0.05) is 24.3 Å². The number of nitrogens with zero attached hydrogens (tertiary/aromatic N) is 2. The molecule has 0 amide bonds.